The van der Waals surface area contributed by atoms with E-state index < -0.39 is 0 Å². The number of nitrogens with zero attached hydrogens (tertiary/aromatic N) is 4. The molecule has 0 aromatic carbocycles. The minimum Gasteiger partial charge on any atom is -0.435 e. The van der Waals surface area contributed by atoms with E-state index >= 15 is 0 Å². The van der Waals surface area contributed by atoms with Gasteiger partial charge in [0.1, 0.15) is 17.3 Å². The molecule has 2 aromatic rings. The lowest BCUT2D eigenvalue weighted by atomic mass is 10.2. The molecule has 1 N–H and O–H groups in total. The van der Waals surface area contributed by atoms with E-state index in [1.54, 1.807) is 0 Å². The Morgan fingerprint density at radius 1 is 1.14 bits per heavy atom. The first-order chi connectivity index (χ1) is 9.85. The van der Waals surface area contributed by atoms with Gasteiger partial charge in [0.15, 0.2) is 5.75 Å². The van der Waals surface area contributed by atoms with Crippen LogP contribution in [0.3, 0.4) is 0 Å². The second-order valence-electron chi connectivity index (χ2n) is 5.49. The van der Waals surface area contributed by atoms with Crippen molar-refractivity contribution < 1.29 is 4.74 Å². The maximum absolute atomic E-state index is 6.05. The van der Waals surface area contributed by atoms with E-state index in [0.717, 1.165) is 34.3 Å². The lowest BCUT2D eigenvalue weighted by molar-refractivity contribution is 0.446. The molecule has 2 heterocycles. The highest BCUT2D eigenvalue weighted by molar-refractivity contribution is 5.50. The van der Waals surface area contributed by atoms with E-state index in [2.05, 4.69) is 34.2 Å². The van der Waals surface area contributed by atoms with Crippen LogP contribution in [-0.2, 0) is 7.05 Å². The van der Waals surface area contributed by atoms with Gasteiger partial charge in [0.25, 0.3) is 0 Å². The third-order valence-corrected chi connectivity index (χ3v) is 3.51. The molecule has 0 spiro atoms. The van der Waals surface area contributed by atoms with Gasteiger partial charge in [-0.3, -0.25) is 4.68 Å². The van der Waals surface area contributed by atoms with Gasteiger partial charge in [-0.15, -0.1) is 0 Å². The number of rotatable bonds is 4. The molecule has 0 amide bonds. The Labute approximate surface area is 125 Å². The van der Waals surface area contributed by atoms with Crippen LogP contribution in [0.4, 0.5) is 5.82 Å². The largest absolute Gasteiger partial charge is 0.435 e. The Balaban J connectivity index is 2.50. The molecule has 0 fully saturated rings. The molecule has 2 aromatic heterocycles. The first-order valence-corrected chi connectivity index (χ1v) is 7.09. The quantitative estimate of drug-likeness (QED) is 0.937. The van der Waals surface area contributed by atoms with Crippen molar-refractivity contribution in [2.45, 2.75) is 40.5 Å². The van der Waals surface area contributed by atoms with Gasteiger partial charge >= 0.3 is 0 Å². The first-order valence-electron chi connectivity index (χ1n) is 7.09. The zero-order chi connectivity index (χ0) is 15.7. The van der Waals surface area contributed by atoms with Gasteiger partial charge in [-0.05, 0) is 20.8 Å². The summed E-state index contributed by atoms with van der Waals surface area (Å²) in [5, 5.41) is 7.47. The van der Waals surface area contributed by atoms with Crippen molar-refractivity contribution >= 4 is 5.82 Å². The van der Waals surface area contributed by atoms with Gasteiger partial charge in [0, 0.05) is 20.0 Å². The number of hydrogen-bond donors (Lipinski definition) is 1. The minimum atomic E-state index is 0.233. The molecule has 114 valence electrons. The summed E-state index contributed by atoms with van der Waals surface area (Å²) in [5.74, 6) is 3.13. The summed E-state index contributed by atoms with van der Waals surface area (Å²) in [6, 6.07) is 0. The normalized spacial score (nSPS) is 11.0. The SMILES string of the molecule is CNc1nc(C(C)C)nc(Oc2c(C)nn(C)c2C)c1C. The summed E-state index contributed by atoms with van der Waals surface area (Å²) in [6.45, 7) is 9.99. The summed E-state index contributed by atoms with van der Waals surface area (Å²) in [5.41, 5.74) is 2.72. The van der Waals surface area contributed by atoms with Crippen LogP contribution in [0.2, 0.25) is 0 Å². The van der Waals surface area contributed by atoms with Crippen LogP contribution < -0.4 is 10.1 Å². The molecule has 21 heavy (non-hydrogen) atoms. The molecule has 0 atom stereocenters. The Bertz CT molecular complexity index is 661. The van der Waals surface area contributed by atoms with E-state index in [4.69, 9.17) is 4.74 Å². The van der Waals surface area contributed by atoms with Crippen molar-refractivity contribution in [2.75, 3.05) is 12.4 Å². The zero-order valence-corrected chi connectivity index (χ0v) is 13.8. The maximum atomic E-state index is 6.05. The van der Waals surface area contributed by atoms with Crippen LogP contribution in [0.25, 0.3) is 0 Å². The molecule has 0 aliphatic rings. The highest BCUT2D eigenvalue weighted by Gasteiger charge is 2.18. The molecule has 0 bridgehead atoms. The maximum Gasteiger partial charge on any atom is 0.227 e. The number of ether oxygens (including phenoxy) is 1. The van der Waals surface area contributed by atoms with Gasteiger partial charge in [-0.1, -0.05) is 13.8 Å². The smallest absolute Gasteiger partial charge is 0.227 e. The van der Waals surface area contributed by atoms with Crippen LogP contribution in [0, 0.1) is 20.8 Å². The van der Waals surface area contributed by atoms with Gasteiger partial charge in [0.05, 0.1) is 11.3 Å². The minimum absolute atomic E-state index is 0.233. The summed E-state index contributed by atoms with van der Waals surface area (Å²) in [6.07, 6.45) is 0. The molecule has 6 nitrogen and oxygen atoms in total. The fourth-order valence-electron chi connectivity index (χ4n) is 2.11. The highest BCUT2D eigenvalue weighted by atomic mass is 16.5. The average Bonchev–Trinajstić information content (AvgIpc) is 2.67. The van der Waals surface area contributed by atoms with Crippen LogP contribution in [0.5, 0.6) is 11.6 Å². The molecule has 0 saturated heterocycles. The predicted molar refractivity (Wildman–Crippen MR) is 83.2 cm³/mol. The van der Waals surface area contributed by atoms with E-state index in [-0.39, 0.29) is 5.92 Å². The number of aromatic nitrogens is 4. The molecular weight excluding hydrogens is 266 g/mol. The second kappa shape index (κ2) is 5.71. The summed E-state index contributed by atoms with van der Waals surface area (Å²) < 4.78 is 7.86. The molecular formula is C15H23N5O. The van der Waals surface area contributed by atoms with Crippen molar-refractivity contribution in [3.8, 4) is 11.6 Å². The molecule has 2 rings (SSSR count). The average molecular weight is 289 g/mol. The molecule has 0 unspecified atom stereocenters. The highest BCUT2D eigenvalue weighted by Crippen LogP contribution is 2.31. The number of anilines is 1. The molecule has 0 aliphatic heterocycles. The Morgan fingerprint density at radius 2 is 1.81 bits per heavy atom. The third-order valence-electron chi connectivity index (χ3n) is 3.51. The van der Waals surface area contributed by atoms with Crippen LogP contribution in [-0.4, -0.2) is 26.8 Å². The van der Waals surface area contributed by atoms with Crippen LogP contribution >= 0.6 is 0 Å². The van der Waals surface area contributed by atoms with Gasteiger partial charge in [-0.2, -0.15) is 10.1 Å². The molecule has 0 radical (unpaired) electrons. The van der Waals surface area contributed by atoms with Crippen molar-refractivity contribution in [3.63, 3.8) is 0 Å². The fourth-order valence-corrected chi connectivity index (χ4v) is 2.11. The number of nitrogens with one attached hydrogen (secondary N) is 1. The monoisotopic (exact) mass is 289 g/mol. The van der Waals surface area contributed by atoms with Gasteiger partial charge in [0.2, 0.25) is 5.88 Å². The van der Waals surface area contributed by atoms with Crippen molar-refractivity contribution in [1.29, 1.82) is 0 Å². The predicted octanol–water partition coefficient (Wildman–Crippen LogP) is 3.09. The molecule has 6 heteroatoms. The second-order valence-corrected chi connectivity index (χ2v) is 5.49. The van der Waals surface area contributed by atoms with E-state index in [0.29, 0.717) is 5.88 Å². The summed E-state index contributed by atoms with van der Waals surface area (Å²) >= 11 is 0. The standard InChI is InChI=1S/C15H23N5O/c1-8(2)13-17-14(16-6)9(3)15(18-13)21-12-10(4)19-20(7)11(12)5/h8H,1-7H3,(H,16,17,18). The van der Waals surface area contributed by atoms with Crippen molar-refractivity contribution in [3.05, 3.63) is 22.8 Å². The van der Waals surface area contributed by atoms with E-state index in [1.807, 2.05) is 39.5 Å². The van der Waals surface area contributed by atoms with E-state index in [9.17, 15) is 0 Å². The lowest BCUT2D eigenvalue weighted by Gasteiger charge is -2.14. The summed E-state index contributed by atoms with van der Waals surface area (Å²) in [7, 11) is 3.75. The van der Waals surface area contributed by atoms with Crippen molar-refractivity contribution in [1.82, 2.24) is 19.7 Å². The topological polar surface area (TPSA) is 64.9 Å². The number of aryl methyl sites for hydroxylation is 2. The third kappa shape index (κ3) is 2.84. The van der Waals surface area contributed by atoms with Gasteiger partial charge in [-0.25, -0.2) is 4.98 Å². The van der Waals surface area contributed by atoms with Gasteiger partial charge < -0.3 is 10.1 Å². The number of hydrogen-bond acceptors (Lipinski definition) is 5. The molecule has 0 saturated carbocycles. The summed E-state index contributed by atoms with van der Waals surface area (Å²) in [4.78, 5) is 9.08. The Morgan fingerprint density at radius 3 is 2.29 bits per heavy atom. The van der Waals surface area contributed by atoms with Crippen LogP contribution in [0.1, 0.15) is 42.5 Å². The lowest BCUT2D eigenvalue weighted by Crippen LogP contribution is -2.07. The first kappa shape index (κ1) is 15.3. The zero-order valence-electron chi connectivity index (χ0n) is 13.8. The van der Waals surface area contributed by atoms with E-state index in [1.165, 1.54) is 0 Å². The Kier molecular flexibility index (Phi) is 4.16. The van der Waals surface area contributed by atoms with Crippen molar-refractivity contribution in [2.24, 2.45) is 7.05 Å². The molecule has 0 aliphatic carbocycles. The van der Waals surface area contributed by atoms with Crippen LogP contribution in [0.15, 0.2) is 0 Å². The fraction of sp³-hybridized carbons (Fsp3) is 0.533. The Hall–Kier alpha value is -2.11.